The van der Waals surface area contributed by atoms with E-state index in [9.17, 15) is 4.79 Å². The summed E-state index contributed by atoms with van der Waals surface area (Å²) in [5.41, 5.74) is 1.00. The third kappa shape index (κ3) is 3.66. The minimum absolute atomic E-state index is 0.339. The van der Waals surface area contributed by atoms with Crippen molar-refractivity contribution in [2.45, 2.75) is 19.4 Å². The van der Waals surface area contributed by atoms with Gasteiger partial charge < -0.3 is 9.84 Å². The topological polar surface area (TPSA) is 46.5 Å². The first kappa shape index (κ1) is 10.9. The van der Waals surface area contributed by atoms with Crippen molar-refractivity contribution in [2.24, 2.45) is 0 Å². The van der Waals surface area contributed by atoms with Crippen molar-refractivity contribution in [2.75, 3.05) is 0 Å². The third-order valence-electron chi connectivity index (χ3n) is 1.74. The molecule has 0 aromatic heterocycles. The van der Waals surface area contributed by atoms with Crippen LogP contribution in [-0.4, -0.2) is 17.4 Å². The Morgan fingerprint density at radius 1 is 1.50 bits per heavy atom. The fraction of sp³-hybridized carbons (Fsp3) is 0.300. The van der Waals surface area contributed by atoms with Crippen LogP contribution in [-0.2, 0) is 11.2 Å². The molecule has 0 saturated carbocycles. The van der Waals surface area contributed by atoms with E-state index in [2.05, 4.69) is 4.74 Å². The molecule has 0 aliphatic rings. The number of benzene rings is 1. The third-order valence-corrected chi connectivity index (χ3v) is 1.99. The van der Waals surface area contributed by atoms with Crippen LogP contribution in [0.5, 0.6) is 0 Å². The van der Waals surface area contributed by atoms with Gasteiger partial charge in [0, 0.05) is 11.4 Å². The van der Waals surface area contributed by atoms with Crippen molar-refractivity contribution >= 4 is 17.8 Å². The summed E-state index contributed by atoms with van der Waals surface area (Å²) in [6.45, 7) is 1.71. The van der Waals surface area contributed by atoms with Gasteiger partial charge in [-0.3, -0.25) is 0 Å². The van der Waals surface area contributed by atoms with E-state index >= 15 is 0 Å². The van der Waals surface area contributed by atoms with Crippen LogP contribution in [0.1, 0.15) is 12.5 Å². The molecule has 76 valence electrons. The Morgan fingerprint density at radius 2 is 2.07 bits per heavy atom. The van der Waals surface area contributed by atoms with E-state index < -0.39 is 6.16 Å². The zero-order chi connectivity index (χ0) is 10.6. The van der Waals surface area contributed by atoms with Crippen molar-refractivity contribution in [1.82, 2.24) is 0 Å². The minimum atomic E-state index is -1.24. The highest BCUT2D eigenvalue weighted by molar-refractivity contribution is 6.30. The van der Waals surface area contributed by atoms with Gasteiger partial charge in [-0.05, 0) is 24.6 Å². The Balaban J connectivity index is 2.51. The Labute approximate surface area is 87.3 Å². The maximum absolute atomic E-state index is 10.2. The number of rotatable bonds is 3. The SMILES string of the molecule is C[C@@H](Cc1ccc(Cl)cc1)OC(=O)O. The van der Waals surface area contributed by atoms with Crippen LogP contribution >= 0.6 is 11.6 Å². The van der Waals surface area contributed by atoms with E-state index in [1.54, 1.807) is 19.1 Å². The van der Waals surface area contributed by atoms with Crippen LogP contribution in [0.3, 0.4) is 0 Å². The van der Waals surface area contributed by atoms with Gasteiger partial charge >= 0.3 is 6.16 Å². The molecular formula is C10H11ClO3. The van der Waals surface area contributed by atoms with Gasteiger partial charge in [-0.1, -0.05) is 23.7 Å². The predicted molar refractivity (Wildman–Crippen MR) is 53.7 cm³/mol. The zero-order valence-electron chi connectivity index (χ0n) is 7.74. The molecule has 0 fully saturated rings. The number of hydrogen-bond acceptors (Lipinski definition) is 2. The zero-order valence-corrected chi connectivity index (χ0v) is 8.49. The lowest BCUT2D eigenvalue weighted by atomic mass is 10.1. The van der Waals surface area contributed by atoms with Gasteiger partial charge in [-0.2, -0.15) is 0 Å². The van der Waals surface area contributed by atoms with Crippen LogP contribution in [0.25, 0.3) is 0 Å². The summed E-state index contributed by atoms with van der Waals surface area (Å²) in [7, 11) is 0. The van der Waals surface area contributed by atoms with Crippen LogP contribution in [0.4, 0.5) is 4.79 Å². The average molecular weight is 215 g/mol. The molecule has 0 saturated heterocycles. The standard InChI is InChI=1S/C10H11ClO3/c1-7(14-10(12)13)6-8-2-4-9(11)5-3-8/h2-5,7H,6H2,1H3,(H,12,13)/t7-/m0/s1. The van der Waals surface area contributed by atoms with Crippen LogP contribution in [0.2, 0.25) is 5.02 Å². The number of hydrogen-bond donors (Lipinski definition) is 1. The lowest BCUT2D eigenvalue weighted by molar-refractivity contribution is 0.0593. The van der Waals surface area contributed by atoms with Crippen molar-refractivity contribution in [1.29, 1.82) is 0 Å². The second kappa shape index (κ2) is 4.86. The van der Waals surface area contributed by atoms with Gasteiger partial charge in [0.15, 0.2) is 0 Å². The van der Waals surface area contributed by atoms with Crippen molar-refractivity contribution in [3.05, 3.63) is 34.9 Å². The maximum Gasteiger partial charge on any atom is 0.506 e. The smallest absolute Gasteiger partial charge is 0.450 e. The molecule has 0 spiro atoms. The molecule has 0 bridgehead atoms. The Morgan fingerprint density at radius 3 is 2.57 bits per heavy atom. The molecular weight excluding hydrogens is 204 g/mol. The molecule has 1 rings (SSSR count). The average Bonchev–Trinajstić information content (AvgIpc) is 2.07. The number of carboxylic acid groups (broad SMARTS) is 1. The number of halogens is 1. The van der Waals surface area contributed by atoms with E-state index in [1.165, 1.54) is 0 Å². The van der Waals surface area contributed by atoms with Gasteiger partial charge in [0.1, 0.15) is 6.10 Å². The molecule has 3 nitrogen and oxygen atoms in total. The van der Waals surface area contributed by atoms with E-state index in [0.29, 0.717) is 11.4 Å². The predicted octanol–water partition coefficient (Wildman–Crippen LogP) is 2.97. The molecule has 1 aromatic rings. The monoisotopic (exact) mass is 214 g/mol. The first-order valence-corrected chi connectivity index (χ1v) is 4.60. The van der Waals surface area contributed by atoms with Gasteiger partial charge in [0.05, 0.1) is 0 Å². The Bertz CT molecular complexity index is 308. The molecule has 14 heavy (non-hydrogen) atoms. The lowest BCUT2D eigenvalue weighted by Crippen LogP contribution is -2.15. The summed E-state index contributed by atoms with van der Waals surface area (Å²) in [6, 6.07) is 7.24. The summed E-state index contributed by atoms with van der Waals surface area (Å²) in [5, 5.41) is 9.03. The molecule has 0 unspecified atom stereocenters. The first-order valence-electron chi connectivity index (χ1n) is 4.22. The Hall–Kier alpha value is -1.22. The Kier molecular flexibility index (Phi) is 3.77. The van der Waals surface area contributed by atoms with Crippen molar-refractivity contribution < 1.29 is 14.6 Å². The van der Waals surface area contributed by atoms with Crippen LogP contribution in [0.15, 0.2) is 24.3 Å². The minimum Gasteiger partial charge on any atom is -0.450 e. The number of carbonyl (C=O) groups is 1. The molecule has 0 amide bonds. The molecule has 1 atom stereocenters. The summed E-state index contributed by atoms with van der Waals surface area (Å²) < 4.78 is 4.57. The fourth-order valence-electron chi connectivity index (χ4n) is 1.17. The molecule has 0 aliphatic carbocycles. The van der Waals surface area contributed by atoms with Crippen LogP contribution in [0, 0.1) is 0 Å². The van der Waals surface area contributed by atoms with E-state index in [4.69, 9.17) is 16.7 Å². The van der Waals surface area contributed by atoms with Gasteiger partial charge in [-0.25, -0.2) is 4.79 Å². The van der Waals surface area contributed by atoms with E-state index in [-0.39, 0.29) is 6.10 Å². The van der Waals surface area contributed by atoms with Gasteiger partial charge in [0.25, 0.3) is 0 Å². The number of ether oxygens (including phenoxy) is 1. The van der Waals surface area contributed by atoms with Gasteiger partial charge in [0.2, 0.25) is 0 Å². The summed E-state index contributed by atoms with van der Waals surface area (Å²) >= 11 is 5.71. The van der Waals surface area contributed by atoms with Crippen LogP contribution < -0.4 is 0 Å². The largest absolute Gasteiger partial charge is 0.506 e. The van der Waals surface area contributed by atoms with E-state index in [0.717, 1.165) is 5.56 Å². The fourth-order valence-corrected chi connectivity index (χ4v) is 1.29. The second-order valence-corrected chi connectivity index (χ2v) is 3.46. The second-order valence-electron chi connectivity index (χ2n) is 3.02. The molecule has 0 radical (unpaired) electrons. The highest BCUT2D eigenvalue weighted by atomic mass is 35.5. The van der Waals surface area contributed by atoms with E-state index in [1.807, 2.05) is 12.1 Å². The molecule has 1 aromatic carbocycles. The summed E-state index contributed by atoms with van der Waals surface area (Å²) in [5.74, 6) is 0. The molecule has 0 aliphatic heterocycles. The van der Waals surface area contributed by atoms with Crippen molar-refractivity contribution in [3.63, 3.8) is 0 Å². The van der Waals surface area contributed by atoms with Crippen molar-refractivity contribution in [3.8, 4) is 0 Å². The first-order chi connectivity index (χ1) is 6.58. The summed E-state index contributed by atoms with van der Waals surface area (Å²) in [6.07, 6.45) is -1.02. The highest BCUT2D eigenvalue weighted by Gasteiger charge is 2.07. The highest BCUT2D eigenvalue weighted by Crippen LogP contribution is 2.11. The molecule has 4 heteroatoms. The maximum atomic E-state index is 10.2. The quantitative estimate of drug-likeness (QED) is 0.787. The normalized spacial score (nSPS) is 12.1. The van der Waals surface area contributed by atoms with Gasteiger partial charge in [-0.15, -0.1) is 0 Å². The summed E-state index contributed by atoms with van der Waals surface area (Å²) in [4.78, 5) is 10.2. The lowest BCUT2D eigenvalue weighted by Gasteiger charge is -2.10. The molecule has 1 N–H and O–H groups in total. The molecule has 0 heterocycles.